The number of allylic oxidation sites excluding steroid dienone is 2. The van der Waals surface area contributed by atoms with Gasteiger partial charge in [0.05, 0.1) is 28.8 Å². The second kappa shape index (κ2) is 8.08. The fourth-order valence-electron chi connectivity index (χ4n) is 3.68. The van der Waals surface area contributed by atoms with E-state index in [1.54, 1.807) is 31.4 Å². The summed E-state index contributed by atoms with van der Waals surface area (Å²) in [6.45, 7) is 0.763. The van der Waals surface area contributed by atoms with E-state index in [1.165, 1.54) is 21.4 Å². The molecule has 11 heteroatoms. The number of fused-ring (bicyclic) bond motifs is 1. The fourth-order valence-corrected chi connectivity index (χ4v) is 3.68. The third-order valence-corrected chi connectivity index (χ3v) is 5.36. The van der Waals surface area contributed by atoms with Gasteiger partial charge in [0, 0.05) is 43.2 Å². The van der Waals surface area contributed by atoms with Crippen molar-refractivity contribution < 1.29 is 17.6 Å². The van der Waals surface area contributed by atoms with Crippen LogP contribution in [0.2, 0.25) is 0 Å². The van der Waals surface area contributed by atoms with Crippen LogP contribution in [0.15, 0.2) is 58.0 Å². The second-order valence-electron chi connectivity index (χ2n) is 7.44. The largest absolute Gasteiger partial charge is 0.415 e. The van der Waals surface area contributed by atoms with Gasteiger partial charge in [0.2, 0.25) is 5.89 Å². The molecule has 0 aliphatic carbocycles. The van der Waals surface area contributed by atoms with Gasteiger partial charge in [0.1, 0.15) is 5.82 Å². The van der Waals surface area contributed by atoms with Crippen LogP contribution in [0.5, 0.6) is 0 Å². The molecule has 1 aliphatic rings. The molecule has 168 valence electrons. The minimum atomic E-state index is -2.86. The van der Waals surface area contributed by atoms with Crippen molar-refractivity contribution in [3.63, 3.8) is 0 Å². The number of hydrogen-bond acceptors (Lipinski definition) is 6. The van der Waals surface area contributed by atoms with E-state index in [0.29, 0.717) is 40.0 Å². The van der Waals surface area contributed by atoms with Crippen molar-refractivity contribution >= 4 is 16.6 Å². The molecule has 0 atom stereocenters. The number of rotatable bonds is 5. The van der Waals surface area contributed by atoms with E-state index < -0.39 is 18.1 Å². The SMILES string of the molecule is Cn1c(=O)n(Cc2ccc(-c3nnc(C(F)F)o3)cn2)c2cc(F)c(C3=CNCC=C3)cc21. The molecule has 0 bridgehead atoms. The Morgan fingerprint density at radius 3 is 2.73 bits per heavy atom. The summed E-state index contributed by atoms with van der Waals surface area (Å²) in [6.07, 6.45) is 3.98. The molecule has 0 saturated carbocycles. The normalized spacial score (nSPS) is 13.5. The highest BCUT2D eigenvalue weighted by Gasteiger charge is 2.19. The monoisotopic (exact) mass is 454 g/mol. The zero-order chi connectivity index (χ0) is 23.1. The highest BCUT2D eigenvalue weighted by atomic mass is 19.3. The molecule has 3 aromatic heterocycles. The molecule has 33 heavy (non-hydrogen) atoms. The Hall–Kier alpha value is -4.15. The number of dihydropyridines is 1. The standard InChI is InChI=1S/C22H17F3N6O2/c1-30-17-7-15(12-3-2-6-26-9-12)16(23)8-18(17)31(22(30)32)11-14-5-4-13(10-27-14)20-28-29-21(33-20)19(24)25/h2-5,7-10,19,26H,6,11H2,1H3. The first-order valence-electron chi connectivity index (χ1n) is 9.98. The van der Waals surface area contributed by atoms with E-state index in [2.05, 4.69) is 20.5 Å². The minimum absolute atomic E-state index is 0.0816. The first kappa shape index (κ1) is 20.7. The molecule has 0 radical (unpaired) electrons. The van der Waals surface area contributed by atoms with Crippen molar-refractivity contribution in [2.24, 2.45) is 7.05 Å². The van der Waals surface area contributed by atoms with Gasteiger partial charge < -0.3 is 9.73 Å². The summed E-state index contributed by atoms with van der Waals surface area (Å²) in [5, 5.41) is 9.92. The van der Waals surface area contributed by atoms with E-state index in [9.17, 15) is 18.0 Å². The summed E-state index contributed by atoms with van der Waals surface area (Å²) in [4.78, 5) is 17.1. The molecule has 0 unspecified atom stereocenters. The van der Waals surface area contributed by atoms with Crippen LogP contribution < -0.4 is 11.0 Å². The number of imidazole rings is 1. The predicted molar refractivity (Wildman–Crippen MR) is 114 cm³/mol. The summed E-state index contributed by atoms with van der Waals surface area (Å²) in [6, 6.07) is 6.18. The molecule has 4 heterocycles. The van der Waals surface area contributed by atoms with Gasteiger partial charge in [-0.3, -0.25) is 14.1 Å². The van der Waals surface area contributed by atoms with Crippen LogP contribution in [0.4, 0.5) is 13.2 Å². The van der Waals surface area contributed by atoms with Gasteiger partial charge in [-0.2, -0.15) is 8.78 Å². The zero-order valence-corrected chi connectivity index (χ0v) is 17.3. The molecule has 1 aromatic carbocycles. The Kier molecular flexibility index (Phi) is 5.08. The van der Waals surface area contributed by atoms with Crippen LogP contribution in [0, 0.1) is 5.82 Å². The summed E-state index contributed by atoms with van der Waals surface area (Å²) in [7, 11) is 1.62. The first-order chi connectivity index (χ1) is 15.9. The molecule has 1 aliphatic heterocycles. The lowest BCUT2D eigenvalue weighted by Crippen LogP contribution is -2.23. The van der Waals surface area contributed by atoms with Crippen molar-refractivity contribution in [1.82, 2.24) is 29.6 Å². The zero-order valence-electron chi connectivity index (χ0n) is 17.3. The van der Waals surface area contributed by atoms with Gasteiger partial charge in [-0.25, -0.2) is 9.18 Å². The predicted octanol–water partition coefficient (Wildman–Crippen LogP) is 3.41. The Morgan fingerprint density at radius 1 is 1.21 bits per heavy atom. The van der Waals surface area contributed by atoms with E-state index in [-0.39, 0.29) is 18.1 Å². The Labute approximate surface area is 184 Å². The maximum Gasteiger partial charge on any atom is 0.329 e. The molecule has 4 aromatic rings. The lowest BCUT2D eigenvalue weighted by atomic mass is 10.0. The Balaban J connectivity index is 1.48. The number of benzene rings is 1. The second-order valence-corrected chi connectivity index (χ2v) is 7.44. The lowest BCUT2D eigenvalue weighted by molar-refractivity contribution is 0.116. The van der Waals surface area contributed by atoms with Crippen molar-refractivity contribution in [2.45, 2.75) is 13.0 Å². The van der Waals surface area contributed by atoms with Gasteiger partial charge >= 0.3 is 12.1 Å². The average Bonchev–Trinajstić information content (AvgIpc) is 3.40. The van der Waals surface area contributed by atoms with Crippen LogP contribution >= 0.6 is 0 Å². The van der Waals surface area contributed by atoms with Crippen LogP contribution in [0.3, 0.4) is 0 Å². The highest BCUT2D eigenvalue weighted by Crippen LogP contribution is 2.26. The van der Waals surface area contributed by atoms with Crippen molar-refractivity contribution in [3.05, 3.63) is 82.3 Å². The molecule has 8 nitrogen and oxygen atoms in total. The molecule has 0 fully saturated rings. The average molecular weight is 454 g/mol. The van der Waals surface area contributed by atoms with Crippen LogP contribution in [-0.4, -0.2) is 30.9 Å². The first-order valence-corrected chi connectivity index (χ1v) is 9.98. The van der Waals surface area contributed by atoms with E-state index >= 15 is 0 Å². The summed E-state index contributed by atoms with van der Waals surface area (Å²) >= 11 is 0. The minimum Gasteiger partial charge on any atom is -0.415 e. The summed E-state index contributed by atoms with van der Waals surface area (Å²) in [5.41, 5.74) is 2.64. The van der Waals surface area contributed by atoms with Gasteiger partial charge in [-0.1, -0.05) is 12.2 Å². The third-order valence-electron chi connectivity index (χ3n) is 5.36. The van der Waals surface area contributed by atoms with Gasteiger partial charge in [0.15, 0.2) is 0 Å². The lowest BCUT2D eigenvalue weighted by Gasteiger charge is -2.11. The fraction of sp³-hybridized carbons (Fsp3) is 0.182. The number of halogens is 3. The maximum atomic E-state index is 14.9. The topological polar surface area (TPSA) is 90.8 Å². The number of nitrogens with zero attached hydrogens (tertiary/aromatic N) is 5. The maximum absolute atomic E-state index is 14.9. The van der Waals surface area contributed by atoms with E-state index in [1.807, 2.05) is 12.2 Å². The number of aryl methyl sites for hydroxylation is 1. The molecule has 5 rings (SSSR count). The molecular weight excluding hydrogens is 437 g/mol. The highest BCUT2D eigenvalue weighted by molar-refractivity contribution is 5.85. The van der Waals surface area contributed by atoms with Gasteiger partial charge in [-0.15, -0.1) is 10.2 Å². The third kappa shape index (κ3) is 3.71. The molecular formula is C22H17F3N6O2. The molecule has 0 spiro atoms. The van der Waals surface area contributed by atoms with Crippen molar-refractivity contribution in [3.8, 4) is 11.5 Å². The Morgan fingerprint density at radius 2 is 2.06 bits per heavy atom. The number of hydrogen-bond donors (Lipinski definition) is 1. The van der Waals surface area contributed by atoms with Crippen molar-refractivity contribution in [1.29, 1.82) is 0 Å². The number of pyridine rings is 1. The molecule has 1 N–H and O–H groups in total. The molecule has 0 amide bonds. The van der Waals surface area contributed by atoms with Gasteiger partial charge in [0.25, 0.3) is 5.89 Å². The molecule has 0 saturated heterocycles. The smallest absolute Gasteiger partial charge is 0.329 e. The summed E-state index contributed by atoms with van der Waals surface area (Å²) < 4.78 is 48.0. The number of alkyl halides is 2. The number of aromatic nitrogens is 5. The summed E-state index contributed by atoms with van der Waals surface area (Å²) in [5.74, 6) is -1.30. The van der Waals surface area contributed by atoms with Gasteiger partial charge in [-0.05, 0) is 18.2 Å². The van der Waals surface area contributed by atoms with Crippen molar-refractivity contribution in [2.75, 3.05) is 6.54 Å². The van der Waals surface area contributed by atoms with Crippen LogP contribution in [0.1, 0.15) is 23.6 Å². The van der Waals surface area contributed by atoms with E-state index in [4.69, 9.17) is 4.42 Å². The van der Waals surface area contributed by atoms with E-state index in [0.717, 1.165) is 0 Å². The van der Waals surface area contributed by atoms with Crippen LogP contribution in [0.25, 0.3) is 28.1 Å². The number of nitrogens with one attached hydrogen (secondary N) is 1. The quantitative estimate of drug-likeness (QED) is 0.497. The Bertz CT molecular complexity index is 1460. The van der Waals surface area contributed by atoms with Crippen LogP contribution in [-0.2, 0) is 13.6 Å².